The van der Waals surface area contributed by atoms with E-state index < -0.39 is 5.82 Å². The summed E-state index contributed by atoms with van der Waals surface area (Å²) in [5.41, 5.74) is 7.13. The van der Waals surface area contributed by atoms with Crippen molar-refractivity contribution in [3.05, 3.63) is 52.3 Å². The van der Waals surface area contributed by atoms with Crippen molar-refractivity contribution in [2.75, 3.05) is 5.73 Å². The normalized spacial score (nSPS) is 10.4. The third kappa shape index (κ3) is 2.13. The van der Waals surface area contributed by atoms with Gasteiger partial charge in [0.05, 0.1) is 5.02 Å². The lowest BCUT2D eigenvalue weighted by Gasteiger charge is -2.07. The molecule has 0 aromatic heterocycles. The minimum Gasteiger partial charge on any atom is -0.399 e. The van der Waals surface area contributed by atoms with Crippen molar-refractivity contribution in [3.63, 3.8) is 0 Å². The SMILES string of the molecule is Nc1ccc(-c2ccc(Cl)cc2F)c(Cl)c1. The van der Waals surface area contributed by atoms with Crippen molar-refractivity contribution < 1.29 is 4.39 Å². The van der Waals surface area contributed by atoms with Crippen molar-refractivity contribution >= 4 is 28.9 Å². The zero-order valence-electron chi connectivity index (χ0n) is 8.18. The number of rotatable bonds is 1. The summed E-state index contributed by atoms with van der Waals surface area (Å²) in [6, 6.07) is 9.41. The fourth-order valence-corrected chi connectivity index (χ4v) is 1.91. The topological polar surface area (TPSA) is 26.0 Å². The van der Waals surface area contributed by atoms with Crippen molar-refractivity contribution in [2.45, 2.75) is 0 Å². The molecule has 0 unspecified atom stereocenters. The number of hydrogen-bond donors (Lipinski definition) is 1. The molecule has 0 saturated heterocycles. The highest BCUT2D eigenvalue weighted by molar-refractivity contribution is 6.33. The van der Waals surface area contributed by atoms with E-state index in [0.29, 0.717) is 26.9 Å². The second-order valence-corrected chi connectivity index (χ2v) is 4.21. The highest BCUT2D eigenvalue weighted by atomic mass is 35.5. The number of benzene rings is 2. The molecule has 2 N–H and O–H groups in total. The van der Waals surface area contributed by atoms with Crippen molar-refractivity contribution in [1.29, 1.82) is 0 Å². The maximum absolute atomic E-state index is 13.6. The summed E-state index contributed by atoms with van der Waals surface area (Å²) in [5.74, 6) is -0.404. The molecule has 0 bridgehead atoms. The van der Waals surface area contributed by atoms with E-state index in [2.05, 4.69) is 0 Å². The van der Waals surface area contributed by atoms with Gasteiger partial charge in [-0.2, -0.15) is 0 Å². The number of nitrogen functional groups attached to an aromatic ring is 1. The number of nitrogens with two attached hydrogens (primary N) is 1. The van der Waals surface area contributed by atoms with Crippen LogP contribution in [-0.2, 0) is 0 Å². The van der Waals surface area contributed by atoms with E-state index in [1.54, 1.807) is 30.3 Å². The molecule has 82 valence electrons. The van der Waals surface area contributed by atoms with Crippen molar-refractivity contribution in [2.24, 2.45) is 0 Å². The summed E-state index contributed by atoms with van der Waals surface area (Å²) in [5, 5.41) is 0.772. The zero-order valence-corrected chi connectivity index (χ0v) is 9.69. The molecule has 0 atom stereocenters. The predicted octanol–water partition coefficient (Wildman–Crippen LogP) is 4.38. The Morgan fingerprint density at radius 3 is 2.25 bits per heavy atom. The summed E-state index contributed by atoms with van der Waals surface area (Å²) in [4.78, 5) is 0. The van der Waals surface area contributed by atoms with E-state index in [4.69, 9.17) is 28.9 Å². The Morgan fingerprint density at radius 1 is 0.938 bits per heavy atom. The van der Waals surface area contributed by atoms with Crippen LogP contribution in [0.2, 0.25) is 10.0 Å². The second-order valence-electron chi connectivity index (χ2n) is 3.36. The Kier molecular flexibility index (Phi) is 3.03. The van der Waals surface area contributed by atoms with Gasteiger partial charge in [-0.3, -0.25) is 0 Å². The van der Waals surface area contributed by atoms with Crippen LogP contribution in [0.15, 0.2) is 36.4 Å². The van der Waals surface area contributed by atoms with Crippen molar-refractivity contribution in [1.82, 2.24) is 0 Å². The van der Waals surface area contributed by atoms with Gasteiger partial charge in [-0.15, -0.1) is 0 Å². The molecule has 0 aliphatic carbocycles. The highest BCUT2D eigenvalue weighted by Crippen LogP contribution is 2.32. The molecule has 1 nitrogen and oxygen atoms in total. The van der Waals surface area contributed by atoms with Gasteiger partial charge in [0.25, 0.3) is 0 Å². The minimum absolute atomic E-state index is 0.354. The summed E-state index contributed by atoms with van der Waals surface area (Å²) in [7, 11) is 0. The molecule has 0 aliphatic heterocycles. The molecule has 0 radical (unpaired) electrons. The van der Waals surface area contributed by atoms with Gasteiger partial charge in [-0.1, -0.05) is 29.3 Å². The van der Waals surface area contributed by atoms with Crippen LogP contribution < -0.4 is 5.73 Å². The Labute approximate surface area is 103 Å². The fraction of sp³-hybridized carbons (Fsp3) is 0. The summed E-state index contributed by atoms with van der Waals surface area (Å²) < 4.78 is 13.6. The van der Waals surface area contributed by atoms with Crippen LogP contribution in [-0.4, -0.2) is 0 Å². The number of halogens is 3. The predicted molar refractivity (Wildman–Crippen MR) is 66.3 cm³/mol. The van der Waals surface area contributed by atoms with Gasteiger partial charge in [0.2, 0.25) is 0 Å². The molecule has 4 heteroatoms. The lowest BCUT2D eigenvalue weighted by molar-refractivity contribution is 0.631. The molecule has 0 fully saturated rings. The molecule has 2 rings (SSSR count). The summed E-state index contributed by atoms with van der Waals surface area (Å²) >= 11 is 11.7. The molecule has 0 aliphatic rings. The standard InChI is InChI=1S/C12H8Cl2FN/c13-7-1-3-10(12(15)5-7)9-4-2-8(16)6-11(9)14/h1-6H,16H2. The quantitative estimate of drug-likeness (QED) is 0.752. The van der Waals surface area contributed by atoms with Gasteiger partial charge < -0.3 is 5.73 Å². The maximum atomic E-state index is 13.6. The Bertz CT molecular complexity index is 491. The highest BCUT2D eigenvalue weighted by Gasteiger charge is 2.09. The average molecular weight is 256 g/mol. The molecule has 2 aromatic rings. The monoisotopic (exact) mass is 255 g/mol. The average Bonchev–Trinajstić information content (AvgIpc) is 2.19. The van der Waals surface area contributed by atoms with Gasteiger partial charge in [0, 0.05) is 21.8 Å². The van der Waals surface area contributed by atoms with E-state index in [-0.39, 0.29) is 0 Å². The van der Waals surface area contributed by atoms with Gasteiger partial charge in [-0.05, 0) is 30.3 Å². The minimum atomic E-state index is -0.404. The van der Waals surface area contributed by atoms with Crippen LogP contribution in [0.4, 0.5) is 10.1 Å². The lowest BCUT2D eigenvalue weighted by atomic mass is 10.0. The van der Waals surface area contributed by atoms with Crippen LogP contribution in [0.1, 0.15) is 0 Å². The third-order valence-corrected chi connectivity index (χ3v) is 2.76. The van der Waals surface area contributed by atoms with Crippen LogP contribution in [0.25, 0.3) is 11.1 Å². The molecular formula is C12H8Cl2FN. The molecule has 0 spiro atoms. The first-order valence-electron chi connectivity index (χ1n) is 4.58. The first-order valence-corrected chi connectivity index (χ1v) is 5.34. The van der Waals surface area contributed by atoms with Gasteiger partial charge >= 0.3 is 0 Å². The van der Waals surface area contributed by atoms with E-state index in [1.807, 2.05) is 0 Å². The van der Waals surface area contributed by atoms with Crippen LogP contribution in [0.5, 0.6) is 0 Å². The first kappa shape index (κ1) is 11.2. The smallest absolute Gasteiger partial charge is 0.132 e. The molecule has 0 amide bonds. The summed E-state index contributed by atoms with van der Waals surface area (Å²) in [6.07, 6.45) is 0. The van der Waals surface area contributed by atoms with Gasteiger partial charge in [-0.25, -0.2) is 4.39 Å². The zero-order chi connectivity index (χ0) is 11.7. The van der Waals surface area contributed by atoms with Crippen LogP contribution in [0.3, 0.4) is 0 Å². The molecule has 0 heterocycles. The molecular weight excluding hydrogens is 248 g/mol. The van der Waals surface area contributed by atoms with E-state index in [1.165, 1.54) is 6.07 Å². The van der Waals surface area contributed by atoms with Crippen LogP contribution >= 0.6 is 23.2 Å². The van der Waals surface area contributed by atoms with E-state index in [0.717, 1.165) is 0 Å². The first-order chi connectivity index (χ1) is 7.58. The maximum Gasteiger partial charge on any atom is 0.132 e. The number of anilines is 1. The van der Waals surface area contributed by atoms with E-state index in [9.17, 15) is 4.39 Å². The van der Waals surface area contributed by atoms with E-state index >= 15 is 0 Å². The third-order valence-electron chi connectivity index (χ3n) is 2.21. The van der Waals surface area contributed by atoms with Crippen molar-refractivity contribution in [3.8, 4) is 11.1 Å². The Hall–Kier alpha value is -1.25. The van der Waals surface area contributed by atoms with Crippen LogP contribution in [0, 0.1) is 5.82 Å². The summed E-state index contributed by atoms with van der Waals surface area (Å²) in [6.45, 7) is 0. The number of hydrogen-bond acceptors (Lipinski definition) is 1. The Balaban J connectivity index is 2.59. The lowest BCUT2D eigenvalue weighted by Crippen LogP contribution is -1.88. The molecule has 0 saturated carbocycles. The largest absolute Gasteiger partial charge is 0.399 e. The van der Waals surface area contributed by atoms with Gasteiger partial charge in [0.15, 0.2) is 0 Å². The fourth-order valence-electron chi connectivity index (χ4n) is 1.46. The molecule has 2 aromatic carbocycles. The molecule has 16 heavy (non-hydrogen) atoms. The second kappa shape index (κ2) is 4.32. The Morgan fingerprint density at radius 2 is 1.62 bits per heavy atom. The van der Waals surface area contributed by atoms with Gasteiger partial charge in [0.1, 0.15) is 5.82 Å².